The summed E-state index contributed by atoms with van der Waals surface area (Å²) < 4.78 is 0. The first-order chi connectivity index (χ1) is 23.9. The summed E-state index contributed by atoms with van der Waals surface area (Å²) in [6, 6.07) is -3.38. The second kappa shape index (κ2) is 13.8. The van der Waals surface area contributed by atoms with Gasteiger partial charge >= 0.3 is 6.03 Å². The number of ketones is 1. The maximum atomic E-state index is 14.9. The maximum Gasteiger partial charge on any atom is 0.315 e. The van der Waals surface area contributed by atoms with Gasteiger partial charge in [0.25, 0.3) is 5.91 Å². The third kappa shape index (κ3) is 7.23. The first kappa shape index (κ1) is 40.5. The van der Waals surface area contributed by atoms with Gasteiger partial charge in [-0.2, -0.15) is 0 Å². The lowest BCUT2D eigenvalue weighted by Crippen LogP contribution is -2.64. The lowest BCUT2D eigenvalue weighted by molar-refractivity contribution is -0.143. The minimum Gasteiger partial charge on any atom is -0.363 e. The molecule has 2 aliphatic heterocycles. The Balaban J connectivity index is 1.38. The van der Waals surface area contributed by atoms with Crippen LogP contribution >= 0.6 is 0 Å². The molecule has 5 atom stereocenters. The molecule has 294 valence electrons. The van der Waals surface area contributed by atoms with Crippen LogP contribution in [0.5, 0.6) is 0 Å². The van der Waals surface area contributed by atoms with E-state index in [-0.39, 0.29) is 45.1 Å². The molecule has 1 unspecified atom stereocenters. The quantitative estimate of drug-likeness (QED) is 0.237. The largest absolute Gasteiger partial charge is 0.363 e. The topological polar surface area (TPSA) is 157 Å². The van der Waals surface area contributed by atoms with Crippen molar-refractivity contribution in [3.05, 3.63) is 0 Å². The lowest BCUT2D eigenvalue weighted by Gasteiger charge is -2.49. The number of amides is 5. The number of likely N-dealkylation sites (tertiary alicyclic amines) is 1. The molecular weight excluding hydrogens is 658 g/mol. The van der Waals surface area contributed by atoms with Crippen molar-refractivity contribution in [3.63, 3.8) is 0 Å². The molecule has 2 heterocycles. The van der Waals surface area contributed by atoms with Crippen LogP contribution in [0.4, 0.5) is 4.79 Å². The third-order valence-electron chi connectivity index (χ3n) is 14.5. The lowest BCUT2D eigenvalue weighted by atomic mass is 9.73. The molecule has 5 N–H and O–H groups in total. The molecule has 0 radical (unpaired) electrons. The molecule has 5 rings (SSSR count). The van der Waals surface area contributed by atoms with Crippen LogP contribution in [-0.2, 0) is 19.2 Å². The van der Waals surface area contributed by atoms with Crippen molar-refractivity contribution in [2.24, 2.45) is 38.7 Å². The van der Waals surface area contributed by atoms with E-state index >= 15 is 0 Å². The van der Waals surface area contributed by atoms with Crippen LogP contribution in [0.25, 0.3) is 0 Å². The van der Waals surface area contributed by atoms with E-state index in [2.05, 4.69) is 81.3 Å². The minimum atomic E-state index is -1.06. The van der Waals surface area contributed by atoms with Gasteiger partial charge in [0, 0.05) is 49.7 Å². The summed E-state index contributed by atoms with van der Waals surface area (Å²) in [6.45, 7) is 25.0. The summed E-state index contributed by atoms with van der Waals surface area (Å²) in [7, 11) is 2.14. The van der Waals surface area contributed by atoms with E-state index in [1.807, 2.05) is 20.8 Å². The van der Waals surface area contributed by atoms with Crippen LogP contribution in [0.1, 0.15) is 121 Å². The number of rotatable bonds is 11. The summed E-state index contributed by atoms with van der Waals surface area (Å²) in [5.41, 5.74) is 4.18. The Morgan fingerprint density at radius 1 is 0.827 bits per heavy atom. The fourth-order valence-electron chi connectivity index (χ4n) is 10.5. The molecule has 2 spiro atoms. The monoisotopic (exact) mass is 728 g/mol. The molecule has 52 heavy (non-hydrogen) atoms. The number of nitrogens with zero attached hydrogens (tertiary/aromatic N) is 3. The fraction of sp³-hybridized carbons (Fsp3) is 0.875. The van der Waals surface area contributed by atoms with Crippen molar-refractivity contribution in [3.8, 4) is 0 Å². The molecular formula is C40H69N7O5. The van der Waals surface area contributed by atoms with Crippen LogP contribution in [-0.4, -0.2) is 114 Å². The number of likely N-dealkylation sites (N-methyl/N-ethyl adjacent to an activating group) is 1. The SMILES string of the molecule is CN1CCN(C[C@@H](NC(=O)N[C@@H](C(=O)N2C[C@]3(C[C@H]2C(=O)NC(CC2CCC2)C(=O)C(N)=O)C(C)(C)C32CCC2)C(C)(C)C)C(C)(C)C)C(C)(C)C1. The Morgan fingerprint density at radius 2 is 1.46 bits per heavy atom. The van der Waals surface area contributed by atoms with Crippen LogP contribution < -0.4 is 21.7 Å². The highest BCUT2D eigenvalue weighted by Gasteiger charge is 2.85. The van der Waals surface area contributed by atoms with Crippen molar-refractivity contribution >= 4 is 29.5 Å². The molecule has 5 amide bonds. The number of hydrogen-bond acceptors (Lipinski definition) is 7. The summed E-state index contributed by atoms with van der Waals surface area (Å²) in [5.74, 6) is -2.35. The van der Waals surface area contributed by atoms with Crippen molar-refractivity contribution in [2.75, 3.05) is 39.8 Å². The number of primary amides is 1. The standard InChI is InChI=1S/C40H69N7O5/c1-35(2,3)28(22-46-19-18-45(11)23-37(46,7)8)43-34(52)44-30(36(4,5)6)33(51)47-24-40(38(9,10)39(40)16-13-17-39)21-27(47)32(50)42-26(29(48)31(41)49)20-25-14-12-15-25/h25-28,30H,12-24H2,1-11H3,(H2,41,49)(H,42,50)(H2,43,44,52)/t26?,27-,28+,30-,40+/m0/s1. The van der Waals surface area contributed by atoms with Crippen molar-refractivity contribution < 1.29 is 24.0 Å². The number of hydrogen-bond donors (Lipinski definition) is 4. The van der Waals surface area contributed by atoms with E-state index in [9.17, 15) is 24.0 Å². The molecule has 3 aliphatic carbocycles. The first-order valence-electron chi connectivity index (χ1n) is 19.8. The van der Waals surface area contributed by atoms with E-state index in [4.69, 9.17) is 5.73 Å². The van der Waals surface area contributed by atoms with E-state index in [1.165, 1.54) is 0 Å². The molecule has 5 aliphatic rings. The number of urea groups is 1. The van der Waals surface area contributed by atoms with E-state index in [0.717, 1.165) is 58.2 Å². The Bertz CT molecular complexity index is 1420. The zero-order valence-electron chi connectivity index (χ0n) is 34.0. The second-order valence-corrected chi connectivity index (χ2v) is 20.5. The smallest absolute Gasteiger partial charge is 0.315 e. The molecule has 2 saturated heterocycles. The van der Waals surface area contributed by atoms with Crippen molar-refractivity contribution in [1.29, 1.82) is 0 Å². The predicted octanol–water partition coefficient (Wildman–Crippen LogP) is 3.67. The van der Waals surface area contributed by atoms with Gasteiger partial charge in [-0.15, -0.1) is 0 Å². The van der Waals surface area contributed by atoms with Crippen LogP contribution in [0, 0.1) is 33.0 Å². The average molecular weight is 728 g/mol. The molecule has 0 aromatic rings. The number of carbonyl (C=O) groups excluding carboxylic acids is 5. The van der Waals surface area contributed by atoms with Crippen molar-refractivity contribution in [1.82, 2.24) is 30.7 Å². The van der Waals surface area contributed by atoms with Gasteiger partial charge in [0.2, 0.25) is 17.6 Å². The highest BCUT2D eigenvalue weighted by molar-refractivity contribution is 6.37. The average Bonchev–Trinajstić information content (AvgIpc) is 3.19. The third-order valence-corrected chi connectivity index (χ3v) is 14.5. The Kier molecular flexibility index (Phi) is 10.8. The highest BCUT2D eigenvalue weighted by atomic mass is 16.2. The van der Waals surface area contributed by atoms with Crippen molar-refractivity contribution in [2.45, 2.75) is 150 Å². The van der Waals surface area contributed by atoms with Crippen LogP contribution in [0.2, 0.25) is 0 Å². The van der Waals surface area contributed by atoms with Crippen LogP contribution in [0.3, 0.4) is 0 Å². The number of carbonyl (C=O) groups is 5. The summed E-state index contributed by atoms with van der Waals surface area (Å²) in [6.07, 6.45) is 7.02. The summed E-state index contributed by atoms with van der Waals surface area (Å²) in [4.78, 5) is 74.7. The number of Topliss-reactive ketones (excluding diaryl/α,β-unsaturated/α-hetero) is 1. The first-order valence-corrected chi connectivity index (χ1v) is 19.8. The molecule has 0 bridgehead atoms. The molecule has 0 aromatic carbocycles. The minimum absolute atomic E-state index is 0.0565. The summed E-state index contributed by atoms with van der Waals surface area (Å²) >= 11 is 0. The van der Waals surface area contributed by atoms with Gasteiger partial charge in [-0.05, 0) is 74.2 Å². The van der Waals surface area contributed by atoms with Gasteiger partial charge < -0.3 is 31.5 Å². The van der Waals surface area contributed by atoms with E-state index in [0.29, 0.717) is 25.9 Å². The second-order valence-electron chi connectivity index (χ2n) is 20.5. The Hall–Kier alpha value is -2.73. The van der Waals surface area contributed by atoms with Crippen LogP contribution in [0.15, 0.2) is 0 Å². The zero-order chi connectivity index (χ0) is 38.8. The van der Waals surface area contributed by atoms with Gasteiger partial charge in [0.1, 0.15) is 12.1 Å². The molecule has 3 saturated carbocycles. The normalized spacial score (nSPS) is 28.7. The van der Waals surface area contributed by atoms with Gasteiger partial charge in [-0.1, -0.05) is 81.1 Å². The number of piperazine rings is 1. The number of nitrogens with one attached hydrogen (secondary N) is 3. The zero-order valence-corrected chi connectivity index (χ0v) is 34.0. The van der Waals surface area contributed by atoms with Gasteiger partial charge in [0.05, 0.1) is 6.04 Å². The molecule has 12 nitrogen and oxygen atoms in total. The predicted molar refractivity (Wildman–Crippen MR) is 202 cm³/mol. The summed E-state index contributed by atoms with van der Waals surface area (Å²) in [5, 5.41) is 9.23. The van der Waals surface area contributed by atoms with Gasteiger partial charge in [-0.25, -0.2) is 4.79 Å². The molecule has 5 fully saturated rings. The van der Waals surface area contributed by atoms with E-state index < -0.39 is 47.2 Å². The Morgan fingerprint density at radius 3 is 1.92 bits per heavy atom. The maximum absolute atomic E-state index is 14.9. The fourth-order valence-corrected chi connectivity index (χ4v) is 10.5. The van der Waals surface area contributed by atoms with Gasteiger partial charge in [0.15, 0.2) is 0 Å². The number of fused-ring (bicyclic) bond motifs is 1. The highest BCUT2D eigenvalue weighted by Crippen LogP contribution is 2.88. The molecule has 12 heteroatoms. The Labute approximate surface area is 312 Å². The number of nitrogens with two attached hydrogens (primary N) is 1. The van der Waals surface area contributed by atoms with Gasteiger partial charge in [-0.3, -0.25) is 24.1 Å². The molecule has 0 aromatic heterocycles. The van der Waals surface area contributed by atoms with E-state index in [1.54, 1.807) is 4.90 Å².